The van der Waals surface area contributed by atoms with Crippen LogP contribution in [-0.2, 0) is 19.5 Å². The molecule has 126 valence electrons. The third kappa shape index (κ3) is 4.76. The topological polar surface area (TPSA) is 30.7 Å². The fourth-order valence-electron chi connectivity index (χ4n) is 2.86. The van der Waals surface area contributed by atoms with Gasteiger partial charge in [-0.25, -0.2) is 0 Å². The van der Waals surface area contributed by atoms with Crippen LogP contribution in [0.4, 0.5) is 0 Å². The average Bonchev–Trinajstić information content (AvgIpc) is 3.15. The van der Waals surface area contributed by atoms with Crippen LogP contribution in [0, 0.1) is 13.8 Å². The lowest BCUT2D eigenvalue weighted by Crippen LogP contribution is -3.09. The van der Waals surface area contributed by atoms with Crippen LogP contribution in [-0.4, -0.2) is 6.54 Å². The number of halogens is 1. The zero-order chi connectivity index (χ0) is 16.9. The summed E-state index contributed by atoms with van der Waals surface area (Å²) < 4.78 is 11.5. The van der Waals surface area contributed by atoms with Gasteiger partial charge in [-0.2, -0.15) is 0 Å². The van der Waals surface area contributed by atoms with Gasteiger partial charge in [0, 0.05) is 11.4 Å². The Morgan fingerprint density at radius 1 is 0.792 bits per heavy atom. The largest absolute Gasteiger partial charge is 0.460 e. The Hall–Kier alpha value is -1.97. The van der Waals surface area contributed by atoms with Gasteiger partial charge in [0.1, 0.15) is 24.6 Å². The Bertz CT molecular complexity index is 731. The minimum atomic E-state index is 0.778. The quantitative estimate of drug-likeness (QED) is 0.703. The number of nitrogens with one attached hydrogen (secondary N) is 1. The Morgan fingerprint density at radius 3 is 1.79 bits per heavy atom. The first kappa shape index (κ1) is 16.9. The molecule has 0 aliphatic carbocycles. The minimum absolute atomic E-state index is 0.778. The number of hydrogen-bond donors (Lipinski definition) is 1. The van der Waals surface area contributed by atoms with Gasteiger partial charge < -0.3 is 13.7 Å². The van der Waals surface area contributed by atoms with Crippen molar-refractivity contribution in [2.75, 3.05) is 6.54 Å². The predicted octanol–water partition coefficient (Wildman–Crippen LogP) is 3.97. The van der Waals surface area contributed by atoms with Gasteiger partial charge in [0.05, 0.1) is 6.54 Å². The molecule has 0 aliphatic rings. The molecule has 3 nitrogen and oxygen atoms in total. The van der Waals surface area contributed by atoms with E-state index in [1.807, 2.05) is 38.1 Å². The van der Waals surface area contributed by atoms with Gasteiger partial charge >= 0.3 is 0 Å². The Balaban J connectivity index is 1.67. The highest BCUT2D eigenvalue weighted by atomic mass is 35.5. The van der Waals surface area contributed by atoms with E-state index in [1.165, 1.54) is 10.5 Å². The molecular weight excluding hydrogens is 322 g/mol. The normalized spacial score (nSPS) is 11.3. The van der Waals surface area contributed by atoms with Crippen LogP contribution in [0.2, 0.25) is 5.02 Å². The standard InChI is InChI=1S/C20H22ClNO2/c1-15-3-9-19(23-15)13-22(14-20-10-4-16(2)24-20)12-11-17-5-7-18(21)8-6-17/h3-10H,11-14H2,1-2H3/p+1. The number of benzene rings is 1. The van der Waals surface area contributed by atoms with Crippen LogP contribution >= 0.6 is 11.6 Å². The van der Waals surface area contributed by atoms with Crippen molar-refractivity contribution in [1.29, 1.82) is 0 Å². The van der Waals surface area contributed by atoms with E-state index in [-0.39, 0.29) is 0 Å². The molecule has 2 heterocycles. The first-order chi connectivity index (χ1) is 11.6. The van der Waals surface area contributed by atoms with Crippen molar-refractivity contribution < 1.29 is 13.7 Å². The van der Waals surface area contributed by atoms with Gasteiger partial charge in [0.2, 0.25) is 0 Å². The van der Waals surface area contributed by atoms with E-state index in [1.54, 1.807) is 0 Å². The van der Waals surface area contributed by atoms with E-state index < -0.39 is 0 Å². The van der Waals surface area contributed by atoms with Crippen LogP contribution in [0.15, 0.2) is 57.4 Å². The van der Waals surface area contributed by atoms with Crippen molar-refractivity contribution >= 4 is 11.6 Å². The summed E-state index contributed by atoms with van der Waals surface area (Å²) in [6, 6.07) is 16.2. The fourth-order valence-corrected chi connectivity index (χ4v) is 2.99. The summed E-state index contributed by atoms with van der Waals surface area (Å²) in [5.41, 5.74) is 1.29. The van der Waals surface area contributed by atoms with Crippen LogP contribution in [0.1, 0.15) is 28.6 Å². The van der Waals surface area contributed by atoms with Crippen molar-refractivity contribution in [2.45, 2.75) is 33.4 Å². The van der Waals surface area contributed by atoms with Crippen LogP contribution < -0.4 is 4.90 Å². The minimum Gasteiger partial charge on any atom is -0.460 e. The van der Waals surface area contributed by atoms with E-state index in [9.17, 15) is 0 Å². The Kier molecular flexibility index (Phi) is 5.44. The summed E-state index contributed by atoms with van der Waals surface area (Å²) in [4.78, 5) is 1.41. The molecule has 0 saturated carbocycles. The number of hydrogen-bond acceptors (Lipinski definition) is 2. The van der Waals surface area contributed by atoms with Crippen molar-refractivity contribution in [2.24, 2.45) is 0 Å². The molecule has 0 atom stereocenters. The Morgan fingerprint density at radius 2 is 1.33 bits per heavy atom. The van der Waals surface area contributed by atoms with Crippen molar-refractivity contribution in [1.82, 2.24) is 0 Å². The van der Waals surface area contributed by atoms with E-state index in [4.69, 9.17) is 20.4 Å². The maximum Gasteiger partial charge on any atom is 0.158 e. The van der Waals surface area contributed by atoms with Crippen LogP contribution in [0.5, 0.6) is 0 Å². The molecular formula is C20H23ClNO2+. The van der Waals surface area contributed by atoms with Crippen LogP contribution in [0.25, 0.3) is 0 Å². The molecule has 0 saturated heterocycles. The molecule has 4 heteroatoms. The molecule has 3 rings (SSSR count). The molecule has 0 amide bonds. The second-order valence-corrected chi connectivity index (χ2v) is 6.69. The maximum absolute atomic E-state index is 5.96. The smallest absolute Gasteiger partial charge is 0.158 e. The molecule has 3 aromatic rings. The highest BCUT2D eigenvalue weighted by molar-refractivity contribution is 6.30. The number of aryl methyl sites for hydroxylation is 2. The van der Waals surface area contributed by atoms with Gasteiger partial charge in [0.25, 0.3) is 0 Å². The number of rotatable bonds is 7. The molecule has 0 radical (unpaired) electrons. The zero-order valence-electron chi connectivity index (χ0n) is 14.1. The van der Waals surface area contributed by atoms with Crippen molar-refractivity contribution in [3.8, 4) is 0 Å². The molecule has 0 fully saturated rings. The lowest BCUT2D eigenvalue weighted by atomic mass is 10.1. The molecule has 0 bridgehead atoms. The fraction of sp³-hybridized carbons (Fsp3) is 0.300. The van der Waals surface area contributed by atoms with E-state index in [0.717, 1.165) is 54.1 Å². The first-order valence-corrected chi connectivity index (χ1v) is 8.65. The van der Waals surface area contributed by atoms with E-state index in [2.05, 4.69) is 24.3 Å². The lowest BCUT2D eigenvalue weighted by Gasteiger charge is -2.17. The molecule has 0 unspecified atom stereocenters. The first-order valence-electron chi connectivity index (χ1n) is 8.27. The summed E-state index contributed by atoms with van der Waals surface area (Å²) in [7, 11) is 0. The number of quaternary nitrogens is 1. The lowest BCUT2D eigenvalue weighted by molar-refractivity contribution is -0.929. The van der Waals surface area contributed by atoms with Gasteiger partial charge in [-0.3, -0.25) is 0 Å². The van der Waals surface area contributed by atoms with Gasteiger partial charge in [-0.1, -0.05) is 23.7 Å². The molecule has 2 aromatic heterocycles. The SMILES string of the molecule is Cc1ccc(C[NH+](CCc2ccc(Cl)cc2)Cc2ccc(C)o2)o1. The second kappa shape index (κ2) is 7.73. The third-order valence-corrected chi connectivity index (χ3v) is 4.37. The highest BCUT2D eigenvalue weighted by Crippen LogP contribution is 2.10. The molecule has 1 N–H and O–H groups in total. The summed E-state index contributed by atoms with van der Waals surface area (Å²) in [6.45, 7) is 6.66. The van der Waals surface area contributed by atoms with Gasteiger partial charge in [-0.15, -0.1) is 0 Å². The molecule has 1 aromatic carbocycles. The van der Waals surface area contributed by atoms with Crippen molar-refractivity contribution in [3.05, 3.63) is 82.2 Å². The molecule has 24 heavy (non-hydrogen) atoms. The van der Waals surface area contributed by atoms with Crippen LogP contribution in [0.3, 0.4) is 0 Å². The molecule has 0 spiro atoms. The summed E-state index contributed by atoms with van der Waals surface area (Å²) >= 11 is 5.96. The monoisotopic (exact) mass is 344 g/mol. The average molecular weight is 345 g/mol. The predicted molar refractivity (Wildman–Crippen MR) is 95.3 cm³/mol. The Labute approximate surface area is 147 Å². The second-order valence-electron chi connectivity index (χ2n) is 6.25. The summed E-state index contributed by atoms with van der Waals surface area (Å²) in [6.07, 6.45) is 0.992. The van der Waals surface area contributed by atoms with E-state index in [0.29, 0.717) is 0 Å². The van der Waals surface area contributed by atoms with E-state index >= 15 is 0 Å². The van der Waals surface area contributed by atoms with Gasteiger partial charge in [0.15, 0.2) is 11.5 Å². The van der Waals surface area contributed by atoms with Gasteiger partial charge in [-0.05, 0) is 55.8 Å². The highest BCUT2D eigenvalue weighted by Gasteiger charge is 2.15. The maximum atomic E-state index is 5.96. The summed E-state index contributed by atoms with van der Waals surface area (Å²) in [5, 5.41) is 0.778. The third-order valence-electron chi connectivity index (χ3n) is 4.12. The van der Waals surface area contributed by atoms with Crippen molar-refractivity contribution in [3.63, 3.8) is 0 Å². The zero-order valence-corrected chi connectivity index (χ0v) is 14.9. The molecule has 0 aliphatic heterocycles. The number of furan rings is 2. The summed E-state index contributed by atoms with van der Waals surface area (Å²) in [5.74, 6) is 3.94.